The largest absolute Gasteiger partial charge is 0.393 e. The number of benzene rings is 1. The van der Waals surface area contributed by atoms with E-state index in [0.29, 0.717) is 37.2 Å². The molecule has 1 fully saturated rings. The maximum Gasteiger partial charge on any atom is 0.244 e. The standard InChI is InChI=1S/C13H19BrN2O4S/c14-12-3-1-2-4-13(12)21(19,20)16-7-5-15(6-8-16)9-11(18)10-17/h1-4,11,17-18H,5-10H2/p+1/t11-/m0/s1. The van der Waals surface area contributed by atoms with E-state index in [1.807, 2.05) is 0 Å². The van der Waals surface area contributed by atoms with Crippen molar-refractivity contribution < 1.29 is 23.5 Å². The normalized spacial score (nSPS) is 19.6. The van der Waals surface area contributed by atoms with E-state index in [4.69, 9.17) is 5.11 Å². The number of hydrogen-bond acceptors (Lipinski definition) is 4. The SMILES string of the molecule is O=S(=O)(c1ccccc1Br)N1CC[NH+](C[C@H](O)CO)CC1. The maximum atomic E-state index is 12.6. The van der Waals surface area contributed by atoms with Crippen LogP contribution in [0.25, 0.3) is 0 Å². The molecular formula is C13H20BrN2O4S+. The van der Waals surface area contributed by atoms with Gasteiger partial charge in [0.15, 0.2) is 0 Å². The zero-order chi connectivity index (χ0) is 15.5. The van der Waals surface area contributed by atoms with Crippen LogP contribution in [0, 0.1) is 0 Å². The van der Waals surface area contributed by atoms with Crippen molar-refractivity contribution in [2.24, 2.45) is 0 Å². The fourth-order valence-corrected chi connectivity index (χ4v) is 4.84. The first kappa shape index (κ1) is 16.9. The molecule has 21 heavy (non-hydrogen) atoms. The van der Waals surface area contributed by atoms with Crippen LogP contribution in [0.2, 0.25) is 0 Å². The van der Waals surface area contributed by atoms with E-state index in [1.54, 1.807) is 24.3 Å². The lowest BCUT2D eigenvalue weighted by Crippen LogP contribution is -3.15. The third-order valence-corrected chi connectivity index (χ3v) is 6.53. The third kappa shape index (κ3) is 4.02. The first-order chi connectivity index (χ1) is 9.95. The molecule has 2 rings (SSSR count). The molecule has 3 N–H and O–H groups in total. The Balaban J connectivity index is 2.03. The highest BCUT2D eigenvalue weighted by Crippen LogP contribution is 2.24. The van der Waals surface area contributed by atoms with Crippen LogP contribution in [-0.4, -0.2) is 68.4 Å². The van der Waals surface area contributed by atoms with Crippen LogP contribution in [0.1, 0.15) is 0 Å². The molecule has 0 aromatic heterocycles. The highest BCUT2D eigenvalue weighted by atomic mass is 79.9. The summed E-state index contributed by atoms with van der Waals surface area (Å²) >= 11 is 3.28. The second-order valence-electron chi connectivity index (χ2n) is 5.13. The zero-order valence-electron chi connectivity index (χ0n) is 11.6. The molecule has 1 aromatic rings. The van der Waals surface area contributed by atoms with E-state index in [2.05, 4.69) is 15.9 Å². The molecule has 6 nitrogen and oxygen atoms in total. The maximum absolute atomic E-state index is 12.6. The summed E-state index contributed by atoms with van der Waals surface area (Å²) in [7, 11) is -3.49. The van der Waals surface area contributed by atoms with Crippen molar-refractivity contribution in [3.63, 3.8) is 0 Å². The topological polar surface area (TPSA) is 82.3 Å². The molecular weight excluding hydrogens is 360 g/mol. The predicted molar refractivity (Wildman–Crippen MR) is 81.6 cm³/mol. The van der Waals surface area contributed by atoms with Crippen molar-refractivity contribution >= 4 is 26.0 Å². The molecule has 0 amide bonds. The molecule has 0 spiro atoms. The number of rotatable bonds is 5. The van der Waals surface area contributed by atoms with Gasteiger partial charge in [0.05, 0.1) is 37.7 Å². The number of aliphatic hydroxyl groups is 2. The average Bonchev–Trinajstić information content (AvgIpc) is 2.48. The molecule has 0 radical (unpaired) electrons. The predicted octanol–water partition coefficient (Wildman–Crippen LogP) is -1.31. The summed E-state index contributed by atoms with van der Waals surface area (Å²) in [6, 6.07) is 6.79. The highest BCUT2D eigenvalue weighted by Gasteiger charge is 2.31. The number of sulfonamides is 1. The van der Waals surface area contributed by atoms with Gasteiger partial charge in [0.2, 0.25) is 10.0 Å². The number of nitrogens with one attached hydrogen (secondary N) is 1. The van der Waals surface area contributed by atoms with Gasteiger partial charge >= 0.3 is 0 Å². The van der Waals surface area contributed by atoms with Gasteiger partial charge < -0.3 is 15.1 Å². The van der Waals surface area contributed by atoms with Crippen molar-refractivity contribution in [3.8, 4) is 0 Å². The lowest BCUT2D eigenvalue weighted by molar-refractivity contribution is -0.906. The molecule has 118 valence electrons. The van der Waals surface area contributed by atoms with Crippen LogP contribution in [0.5, 0.6) is 0 Å². The first-order valence-corrected chi connectivity index (χ1v) is 9.05. The zero-order valence-corrected chi connectivity index (χ0v) is 14.0. The van der Waals surface area contributed by atoms with E-state index in [-0.39, 0.29) is 11.5 Å². The van der Waals surface area contributed by atoms with Gasteiger partial charge in [0.1, 0.15) is 12.6 Å². The quantitative estimate of drug-likeness (QED) is 0.593. The lowest BCUT2D eigenvalue weighted by atomic mass is 10.3. The molecule has 0 unspecified atom stereocenters. The van der Waals surface area contributed by atoms with E-state index in [0.717, 1.165) is 4.90 Å². The smallest absolute Gasteiger partial charge is 0.244 e. The Bertz CT molecular complexity index is 573. The van der Waals surface area contributed by atoms with Crippen LogP contribution in [0.3, 0.4) is 0 Å². The number of aliphatic hydroxyl groups excluding tert-OH is 2. The number of quaternary nitrogens is 1. The number of nitrogens with zero attached hydrogens (tertiary/aromatic N) is 1. The van der Waals surface area contributed by atoms with E-state index >= 15 is 0 Å². The summed E-state index contributed by atoms with van der Waals surface area (Å²) in [5, 5.41) is 18.3. The molecule has 1 aliphatic rings. The molecule has 1 aliphatic heterocycles. The van der Waals surface area contributed by atoms with Crippen molar-refractivity contribution in [2.75, 3.05) is 39.3 Å². The van der Waals surface area contributed by atoms with Crippen LogP contribution in [-0.2, 0) is 10.0 Å². The monoisotopic (exact) mass is 379 g/mol. The minimum Gasteiger partial charge on any atom is -0.393 e. The Labute approximate surface area is 133 Å². The summed E-state index contributed by atoms with van der Waals surface area (Å²) in [5.74, 6) is 0. The van der Waals surface area contributed by atoms with Gasteiger partial charge in [0.25, 0.3) is 0 Å². The molecule has 1 heterocycles. The minimum atomic E-state index is -3.49. The fourth-order valence-electron chi connectivity index (χ4n) is 2.44. The van der Waals surface area contributed by atoms with Gasteiger partial charge in [0, 0.05) is 4.47 Å². The Kier molecular flexibility index (Phi) is 5.75. The first-order valence-electron chi connectivity index (χ1n) is 6.82. The third-order valence-electron chi connectivity index (χ3n) is 3.62. The van der Waals surface area contributed by atoms with Gasteiger partial charge in [-0.05, 0) is 28.1 Å². The van der Waals surface area contributed by atoms with Gasteiger partial charge in [-0.1, -0.05) is 12.1 Å². The minimum absolute atomic E-state index is 0.261. The van der Waals surface area contributed by atoms with Gasteiger partial charge in [-0.25, -0.2) is 8.42 Å². The van der Waals surface area contributed by atoms with Gasteiger partial charge in [-0.2, -0.15) is 4.31 Å². The molecule has 1 aromatic carbocycles. The molecule has 1 atom stereocenters. The number of halogens is 1. The molecule has 0 saturated carbocycles. The Morgan fingerprint density at radius 2 is 1.90 bits per heavy atom. The highest BCUT2D eigenvalue weighted by molar-refractivity contribution is 9.10. The summed E-state index contributed by atoms with van der Waals surface area (Å²) < 4.78 is 27.2. The number of piperazine rings is 1. The summed E-state index contributed by atoms with van der Waals surface area (Å²) in [6.45, 7) is 2.26. The van der Waals surface area contributed by atoms with Gasteiger partial charge in [-0.15, -0.1) is 0 Å². The van der Waals surface area contributed by atoms with E-state index in [1.165, 1.54) is 4.31 Å². The number of hydrogen-bond donors (Lipinski definition) is 3. The summed E-state index contributed by atoms with van der Waals surface area (Å²) in [4.78, 5) is 1.39. The average molecular weight is 380 g/mol. The molecule has 1 saturated heterocycles. The Morgan fingerprint density at radius 3 is 2.48 bits per heavy atom. The van der Waals surface area contributed by atoms with Crippen molar-refractivity contribution in [3.05, 3.63) is 28.7 Å². The Morgan fingerprint density at radius 1 is 1.29 bits per heavy atom. The van der Waals surface area contributed by atoms with E-state index < -0.39 is 16.1 Å². The van der Waals surface area contributed by atoms with Gasteiger partial charge in [-0.3, -0.25) is 0 Å². The van der Waals surface area contributed by atoms with Crippen molar-refractivity contribution in [1.29, 1.82) is 0 Å². The summed E-state index contributed by atoms with van der Waals surface area (Å²) in [5.41, 5.74) is 0. The van der Waals surface area contributed by atoms with Crippen molar-refractivity contribution in [1.82, 2.24) is 4.31 Å². The van der Waals surface area contributed by atoms with Crippen LogP contribution >= 0.6 is 15.9 Å². The molecule has 0 bridgehead atoms. The van der Waals surface area contributed by atoms with Crippen LogP contribution in [0.15, 0.2) is 33.6 Å². The lowest BCUT2D eigenvalue weighted by Gasteiger charge is -2.32. The second-order valence-corrected chi connectivity index (χ2v) is 7.89. The van der Waals surface area contributed by atoms with E-state index in [9.17, 15) is 13.5 Å². The van der Waals surface area contributed by atoms with Crippen LogP contribution in [0.4, 0.5) is 0 Å². The fraction of sp³-hybridized carbons (Fsp3) is 0.538. The van der Waals surface area contributed by atoms with Crippen LogP contribution < -0.4 is 4.90 Å². The molecule has 0 aliphatic carbocycles. The second kappa shape index (κ2) is 7.17. The van der Waals surface area contributed by atoms with Crippen molar-refractivity contribution in [2.45, 2.75) is 11.0 Å². The summed E-state index contributed by atoms with van der Waals surface area (Å²) in [6.07, 6.45) is -0.744. The molecule has 8 heteroatoms. The Hall–Kier alpha value is -0.510.